The number of thioether (sulfide) groups is 1. The van der Waals surface area contributed by atoms with Gasteiger partial charge in [0.15, 0.2) is 6.10 Å². The Balaban J connectivity index is 2.30. The minimum Gasteiger partial charge on any atom is -0.428 e. The molecule has 0 spiro atoms. The maximum Gasteiger partial charge on any atom is 0.461 e. The molecule has 0 fully saturated rings. The molecule has 11 heteroatoms. The third-order valence-electron chi connectivity index (χ3n) is 3.97. The van der Waals surface area contributed by atoms with Crippen molar-refractivity contribution >= 4 is 17.4 Å². The molecule has 2 aromatic carbocycles. The average molecular weight is 457 g/mol. The summed E-state index contributed by atoms with van der Waals surface area (Å²) in [5.74, 6) is -0.563. The number of anilines is 1. The summed E-state index contributed by atoms with van der Waals surface area (Å²) >= 11 is 1.36. The van der Waals surface area contributed by atoms with E-state index in [1.165, 1.54) is 34.9 Å². The maximum absolute atomic E-state index is 13.1. The minimum absolute atomic E-state index is 0.220. The van der Waals surface area contributed by atoms with Crippen LogP contribution in [0.5, 0.6) is 5.75 Å². The Morgan fingerprint density at radius 3 is 2.30 bits per heavy atom. The van der Waals surface area contributed by atoms with Crippen molar-refractivity contribution in [2.75, 3.05) is 17.7 Å². The predicted molar refractivity (Wildman–Crippen MR) is 99.4 cm³/mol. The normalized spacial score (nSPS) is 13.4. The van der Waals surface area contributed by atoms with Crippen LogP contribution in [0.25, 0.3) is 0 Å². The van der Waals surface area contributed by atoms with Crippen molar-refractivity contribution < 1.29 is 40.6 Å². The highest BCUT2D eigenvalue weighted by atomic mass is 32.2. The van der Waals surface area contributed by atoms with Gasteiger partial charge in [-0.05, 0) is 42.2 Å². The molecule has 0 saturated carbocycles. The van der Waals surface area contributed by atoms with Crippen molar-refractivity contribution in [3.05, 3.63) is 54.1 Å². The number of ether oxygens (including phenoxy) is 1. The zero-order valence-electron chi connectivity index (χ0n) is 15.5. The Hall–Kier alpha value is -2.14. The summed E-state index contributed by atoms with van der Waals surface area (Å²) in [6.45, 7) is -1.04. The molecule has 1 atom stereocenters. The first-order valence-electron chi connectivity index (χ1n) is 8.50. The Morgan fingerprint density at radius 2 is 1.70 bits per heavy atom. The fraction of sp³-hybridized carbons (Fsp3) is 0.368. The zero-order chi connectivity index (χ0) is 22.5. The number of nitrogens with zero attached hydrogens (tertiary/aromatic N) is 1. The maximum atomic E-state index is 13.1. The van der Waals surface area contributed by atoms with E-state index in [1.54, 1.807) is 24.5 Å². The number of hydrogen-bond acceptors (Lipinski definition) is 4. The first kappa shape index (κ1) is 24.1. The van der Waals surface area contributed by atoms with Crippen LogP contribution < -0.4 is 9.64 Å². The van der Waals surface area contributed by atoms with Crippen LogP contribution in [0.4, 0.5) is 36.4 Å². The molecule has 0 heterocycles. The minimum atomic E-state index is -4.86. The Bertz CT molecular complexity index is 833. The lowest BCUT2D eigenvalue weighted by atomic mass is 10.1. The van der Waals surface area contributed by atoms with Crippen molar-refractivity contribution in [1.29, 1.82) is 0 Å². The molecule has 0 aliphatic carbocycles. The second-order valence-corrected chi connectivity index (χ2v) is 7.13. The van der Waals surface area contributed by atoms with Gasteiger partial charge in [-0.2, -0.15) is 30.7 Å². The smallest absolute Gasteiger partial charge is 0.428 e. The number of halogens is 7. The van der Waals surface area contributed by atoms with Crippen LogP contribution in [0.15, 0.2) is 53.4 Å². The van der Waals surface area contributed by atoms with Gasteiger partial charge in [-0.3, -0.25) is 0 Å². The number of benzene rings is 2. The van der Waals surface area contributed by atoms with Gasteiger partial charge < -0.3 is 14.7 Å². The van der Waals surface area contributed by atoms with Crippen LogP contribution in [0.1, 0.15) is 5.56 Å². The highest BCUT2D eigenvalue weighted by Gasteiger charge is 2.44. The van der Waals surface area contributed by atoms with Crippen LogP contribution in [0.3, 0.4) is 0 Å². The molecular formula is C19H18F7NO2S. The lowest BCUT2D eigenvalue weighted by Crippen LogP contribution is -2.40. The van der Waals surface area contributed by atoms with E-state index in [2.05, 4.69) is 4.74 Å². The molecular weight excluding hydrogens is 439 g/mol. The molecule has 0 saturated heterocycles. The number of aliphatic hydroxyl groups is 1. The van der Waals surface area contributed by atoms with Gasteiger partial charge in [0.2, 0.25) is 0 Å². The summed E-state index contributed by atoms with van der Waals surface area (Å²) in [4.78, 5) is 1.97. The molecule has 1 unspecified atom stereocenters. The molecule has 0 aliphatic rings. The van der Waals surface area contributed by atoms with Gasteiger partial charge in [-0.25, -0.2) is 0 Å². The SMILES string of the molecule is CSc1cccc(N(Cc2cccc(OC(F)(F)C(F)F)c2)CC(O)C(F)(F)F)c1. The fourth-order valence-electron chi connectivity index (χ4n) is 2.51. The van der Waals surface area contributed by atoms with E-state index in [0.717, 1.165) is 17.0 Å². The standard InChI is InChI=1S/C19H18F7NO2S/c1-30-15-7-3-5-13(9-15)27(11-16(28)18(22,23)24)10-12-4-2-6-14(8-12)29-19(25,26)17(20)21/h2-9,16-17,28H,10-11H2,1H3. The summed E-state index contributed by atoms with van der Waals surface area (Å²) < 4.78 is 93.6. The van der Waals surface area contributed by atoms with Crippen LogP contribution in [0, 0.1) is 0 Å². The molecule has 0 amide bonds. The van der Waals surface area contributed by atoms with Gasteiger partial charge >= 0.3 is 18.7 Å². The number of hydrogen-bond donors (Lipinski definition) is 1. The van der Waals surface area contributed by atoms with E-state index in [1.807, 2.05) is 0 Å². The Kier molecular flexibility index (Phi) is 7.87. The molecule has 3 nitrogen and oxygen atoms in total. The first-order chi connectivity index (χ1) is 13.9. The molecule has 0 aromatic heterocycles. The molecule has 30 heavy (non-hydrogen) atoms. The molecule has 0 aliphatic heterocycles. The third kappa shape index (κ3) is 6.69. The lowest BCUT2D eigenvalue weighted by molar-refractivity contribution is -0.253. The topological polar surface area (TPSA) is 32.7 Å². The lowest BCUT2D eigenvalue weighted by Gasteiger charge is -2.29. The van der Waals surface area contributed by atoms with Gasteiger partial charge in [0, 0.05) is 17.1 Å². The van der Waals surface area contributed by atoms with Crippen molar-refractivity contribution in [2.24, 2.45) is 0 Å². The molecule has 166 valence electrons. The van der Waals surface area contributed by atoms with E-state index in [-0.39, 0.29) is 12.1 Å². The van der Waals surface area contributed by atoms with Crippen molar-refractivity contribution in [3.8, 4) is 5.75 Å². The average Bonchev–Trinajstić information content (AvgIpc) is 2.66. The summed E-state index contributed by atoms with van der Waals surface area (Å²) in [5, 5.41) is 9.51. The number of aliphatic hydroxyl groups excluding tert-OH is 1. The van der Waals surface area contributed by atoms with E-state index < -0.39 is 37.1 Å². The third-order valence-corrected chi connectivity index (χ3v) is 4.69. The van der Waals surface area contributed by atoms with Crippen molar-refractivity contribution in [1.82, 2.24) is 0 Å². The van der Waals surface area contributed by atoms with Crippen molar-refractivity contribution in [3.63, 3.8) is 0 Å². The van der Waals surface area contributed by atoms with Crippen LogP contribution >= 0.6 is 11.8 Å². The first-order valence-corrected chi connectivity index (χ1v) is 9.72. The molecule has 0 bridgehead atoms. The quantitative estimate of drug-likeness (QED) is 0.394. The van der Waals surface area contributed by atoms with Gasteiger partial charge in [-0.1, -0.05) is 18.2 Å². The molecule has 2 rings (SSSR count). The molecule has 1 N–H and O–H groups in total. The highest BCUT2D eigenvalue weighted by Crippen LogP contribution is 2.30. The largest absolute Gasteiger partial charge is 0.461 e. The van der Waals surface area contributed by atoms with Gasteiger partial charge in [0.1, 0.15) is 5.75 Å². The van der Waals surface area contributed by atoms with Crippen LogP contribution in [0.2, 0.25) is 0 Å². The zero-order valence-corrected chi connectivity index (χ0v) is 16.4. The number of alkyl halides is 7. The van der Waals surface area contributed by atoms with Gasteiger partial charge in [-0.15, -0.1) is 11.8 Å². The van der Waals surface area contributed by atoms with Crippen LogP contribution in [-0.4, -0.2) is 42.7 Å². The Morgan fingerprint density at radius 1 is 1.03 bits per heavy atom. The van der Waals surface area contributed by atoms with E-state index in [9.17, 15) is 35.8 Å². The fourth-order valence-corrected chi connectivity index (χ4v) is 2.96. The summed E-state index contributed by atoms with van der Waals surface area (Å²) in [6.07, 6.45) is -14.5. The molecule has 2 aromatic rings. The summed E-state index contributed by atoms with van der Waals surface area (Å²) in [7, 11) is 0. The predicted octanol–water partition coefficient (Wildman–Crippen LogP) is 5.58. The van der Waals surface area contributed by atoms with E-state index >= 15 is 0 Å². The van der Waals surface area contributed by atoms with E-state index in [0.29, 0.717) is 5.69 Å². The Labute approximate surface area is 172 Å². The van der Waals surface area contributed by atoms with Gasteiger partial charge in [0.05, 0.1) is 6.54 Å². The summed E-state index contributed by atoms with van der Waals surface area (Å²) in [5.41, 5.74) is 0.580. The second kappa shape index (κ2) is 9.78. The highest BCUT2D eigenvalue weighted by molar-refractivity contribution is 7.98. The monoisotopic (exact) mass is 457 g/mol. The second-order valence-electron chi connectivity index (χ2n) is 6.25. The van der Waals surface area contributed by atoms with Gasteiger partial charge in [0.25, 0.3) is 0 Å². The summed E-state index contributed by atoms with van der Waals surface area (Å²) in [6, 6.07) is 11.2. The number of rotatable bonds is 9. The molecule has 0 radical (unpaired) electrons. The van der Waals surface area contributed by atoms with Crippen molar-refractivity contribution in [2.45, 2.75) is 36.3 Å². The van der Waals surface area contributed by atoms with Crippen LogP contribution in [-0.2, 0) is 6.54 Å². The van der Waals surface area contributed by atoms with E-state index in [4.69, 9.17) is 0 Å².